The second-order valence-corrected chi connectivity index (χ2v) is 7.11. The SMILES string of the molecule is CSC1CCCC(NCc2ccc(I)cc2)C1. The van der Waals surface area contributed by atoms with Crippen molar-refractivity contribution >= 4 is 34.4 Å². The zero-order valence-corrected chi connectivity index (χ0v) is 13.3. The third kappa shape index (κ3) is 4.45. The summed E-state index contributed by atoms with van der Waals surface area (Å²) in [5.74, 6) is 0. The van der Waals surface area contributed by atoms with Gasteiger partial charge in [0.05, 0.1) is 0 Å². The Hall–Kier alpha value is 0.260. The number of halogens is 1. The van der Waals surface area contributed by atoms with Crippen molar-refractivity contribution in [3.05, 3.63) is 33.4 Å². The zero-order valence-electron chi connectivity index (χ0n) is 10.3. The lowest BCUT2D eigenvalue weighted by Gasteiger charge is -2.28. The molecule has 0 spiro atoms. The van der Waals surface area contributed by atoms with Crippen molar-refractivity contribution in [1.29, 1.82) is 0 Å². The van der Waals surface area contributed by atoms with E-state index in [2.05, 4.69) is 58.4 Å². The standard InChI is InChI=1S/C14H20INS/c1-17-14-4-2-3-13(9-14)16-10-11-5-7-12(15)8-6-11/h5-8,13-14,16H,2-4,9-10H2,1H3. The van der Waals surface area contributed by atoms with E-state index < -0.39 is 0 Å². The molecule has 1 saturated carbocycles. The van der Waals surface area contributed by atoms with Crippen LogP contribution in [0.25, 0.3) is 0 Å². The maximum Gasteiger partial charge on any atom is 0.0208 e. The minimum atomic E-state index is 0.723. The van der Waals surface area contributed by atoms with Crippen molar-refractivity contribution in [2.75, 3.05) is 6.26 Å². The van der Waals surface area contributed by atoms with Gasteiger partial charge in [-0.05, 0) is 65.8 Å². The average molecular weight is 361 g/mol. The molecular formula is C14H20INS. The lowest BCUT2D eigenvalue weighted by Crippen LogP contribution is -2.34. The zero-order chi connectivity index (χ0) is 12.1. The van der Waals surface area contributed by atoms with Gasteiger partial charge in [0.25, 0.3) is 0 Å². The molecule has 2 unspecified atom stereocenters. The molecule has 0 aliphatic heterocycles. The topological polar surface area (TPSA) is 12.0 Å². The molecule has 94 valence electrons. The van der Waals surface area contributed by atoms with Crippen LogP contribution < -0.4 is 5.32 Å². The van der Waals surface area contributed by atoms with E-state index >= 15 is 0 Å². The Morgan fingerprint density at radius 2 is 2.06 bits per heavy atom. The molecule has 0 radical (unpaired) electrons. The van der Waals surface area contributed by atoms with Gasteiger partial charge in [0.15, 0.2) is 0 Å². The molecule has 1 fully saturated rings. The molecular weight excluding hydrogens is 341 g/mol. The van der Waals surface area contributed by atoms with Crippen LogP contribution in [0.2, 0.25) is 0 Å². The van der Waals surface area contributed by atoms with Gasteiger partial charge in [0, 0.05) is 21.4 Å². The summed E-state index contributed by atoms with van der Waals surface area (Å²) in [6.07, 6.45) is 7.72. The van der Waals surface area contributed by atoms with E-state index in [4.69, 9.17) is 0 Å². The summed E-state index contributed by atoms with van der Waals surface area (Å²) in [7, 11) is 0. The van der Waals surface area contributed by atoms with Gasteiger partial charge in [-0.3, -0.25) is 0 Å². The summed E-state index contributed by atoms with van der Waals surface area (Å²) in [6, 6.07) is 9.54. The van der Waals surface area contributed by atoms with Crippen LogP contribution in [0, 0.1) is 3.57 Å². The predicted molar refractivity (Wildman–Crippen MR) is 85.6 cm³/mol. The smallest absolute Gasteiger partial charge is 0.0208 e. The molecule has 0 aromatic heterocycles. The minimum Gasteiger partial charge on any atom is -0.310 e. The van der Waals surface area contributed by atoms with Crippen LogP contribution in [-0.2, 0) is 6.54 Å². The molecule has 2 rings (SSSR count). The Balaban J connectivity index is 1.79. The highest BCUT2D eigenvalue weighted by molar-refractivity contribution is 14.1. The van der Waals surface area contributed by atoms with Crippen molar-refractivity contribution in [3.8, 4) is 0 Å². The summed E-state index contributed by atoms with van der Waals surface area (Å²) in [5, 5.41) is 4.58. The lowest BCUT2D eigenvalue weighted by molar-refractivity contribution is 0.380. The van der Waals surface area contributed by atoms with E-state index in [-0.39, 0.29) is 0 Å². The van der Waals surface area contributed by atoms with Crippen LogP contribution in [-0.4, -0.2) is 17.5 Å². The minimum absolute atomic E-state index is 0.723. The van der Waals surface area contributed by atoms with Gasteiger partial charge in [-0.15, -0.1) is 0 Å². The Bertz CT molecular complexity index is 339. The third-order valence-electron chi connectivity index (χ3n) is 3.47. The third-order valence-corrected chi connectivity index (χ3v) is 5.28. The van der Waals surface area contributed by atoms with Crippen LogP contribution in [0.4, 0.5) is 0 Å². The number of benzene rings is 1. The maximum absolute atomic E-state index is 3.71. The molecule has 0 bridgehead atoms. The van der Waals surface area contributed by atoms with E-state index in [0.717, 1.165) is 17.8 Å². The fraction of sp³-hybridized carbons (Fsp3) is 0.571. The summed E-state index contributed by atoms with van der Waals surface area (Å²) < 4.78 is 1.31. The Morgan fingerprint density at radius 1 is 1.29 bits per heavy atom. The lowest BCUT2D eigenvalue weighted by atomic mass is 9.95. The first-order chi connectivity index (χ1) is 8.28. The second kappa shape index (κ2) is 7.00. The van der Waals surface area contributed by atoms with Gasteiger partial charge >= 0.3 is 0 Å². The summed E-state index contributed by atoms with van der Waals surface area (Å²) in [6.45, 7) is 1.02. The highest BCUT2D eigenvalue weighted by Crippen LogP contribution is 2.27. The molecule has 0 saturated heterocycles. The molecule has 1 nitrogen and oxygen atoms in total. The Morgan fingerprint density at radius 3 is 2.76 bits per heavy atom. The van der Waals surface area contributed by atoms with Gasteiger partial charge < -0.3 is 5.32 Å². The summed E-state index contributed by atoms with van der Waals surface area (Å²) in [4.78, 5) is 0. The van der Waals surface area contributed by atoms with E-state index in [1.165, 1.54) is 34.8 Å². The molecule has 1 aromatic rings. The first kappa shape index (κ1) is 13.7. The maximum atomic E-state index is 3.71. The molecule has 1 aliphatic rings. The summed E-state index contributed by atoms with van der Waals surface area (Å²) >= 11 is 4.38. The van der Waals surface area contributed by atoms with Crippen molar-refractivity contribution in [3.63, 3.8) is 0 Å². The van der Waals surface area contributed by atoms with E-state index in [1.54, 1.807) is 0 Å². The number of rotatable bonds is 4. The Labute approximate surface area is 122 Å². The van der Waals surface area contributed by atoms with E-state index in [9.17, 15) is 0 Å². The number of hydrogen-bond donors (Lipinski definition) is 1. The highest BCUT2D eigenvalue weighted by Gasteiger charge is 2.20. The molecule has 1 aliphatic carbocycles. The van der Waals surface area contributed by atoms with Gasteiger partial charge in [-0.25, -0.2) is 0 Å². The van der Waals surface area contributed by atoms with Gasteiger partial charge in [-0.1, -0.05) is 18.6 Å². The van der Waals surface area contributed by atoms with Crippen LogP contribution in [0.1, 0.15) is 31.2 Å². The molecule has 0 amide bonds. The molecule has 0 heterocycles. The average Bonchev–Trinajstić information content (AvgIpc) is 2.38. The molecule has 17 heavy (non-hydrogen) atoms. The first-order valence-corrected chi connectivity index (χ1v) is 8.65. The number of nitrogens with one attached hydrogen (secondary N) is 1. The van der Waals surface area contributed by atoms with Crippen LogP contribution >= 0.6 is 34.4 Å². The van der Waals surface area contributed by atoms with Crippen LogP contribution in [0.15, 0.2) is 24.3 Å². The predicted octanol–water partition coefficient (Wildman–Crippen LogP) is 4.06. The first-order valence-electron chi connectivity index (χ1n) is 6.28. The van der Waals surface area contributed by atoms with Gasteiger partial charge in [-0.2, -0.15) is 11.8 Å². The quantitative estimate of drug-likeness (QED) is 0.812. The van der Waals surface area contributed by atoms with Crippen molar-refractivity contribution in [2.24, 2.45) is 0 Å². The van der Waals surface area contributed by atoms with Gasteiger partial charge in [0.1, 0.15) is 0 Å². The van der Waals surface area contributed by atoms with Gasteiger partial charge in [0.2, 0.25) is 0 Å². The van der Waals surface area contributed by atoms with E-state index in [1.807, 2.05) is 11.8 Å². The van der Waals surface area contributed by atoms with Crippen molar-refractivity contribution in [1.82, 2.24) is 5.32 Å². The van der Waals surface area contributed by atoms with Crippen LogP contribution in [0.3, 0.4) is 0 Å². The Kier molecular flexibility index (Phi) is 5.63. The molecule has 2 atom stereocenters. The normalized spacial score (nSPS) is 24.8. The fourth-order valence-corrected chi connectivity index (χ4v) is 3.60. The van der Waals surface area contributed by atoms with Crippen LogP contribution in [0.5, 0.6) is 0 Å². The van der Waals surface area contributed by atoms with Crippen molar-refractivity contribution in [2.45, 2.75) is 43.5 Å². The fourth-order valence-electron chi connectivity index (χ4n) is 2.41. The molecule has 3 heteroatoms. The number of hydrogen-bond acceptors (Lipinski definition) is 2. The molecule has 1 aromatic carbocycles. The molecule has 1 N–H and O–H groups in total. The summed E-state index contributed by atoms with van der Waals surface area (Å²) in [5.41, 5.74) is 1.40. The van der Waals surface area contributed by atoms with Crippen molar-refractivity contribution < 1.29 is 0 Å². The second-order valence-electron chi connectivity index (χ2n) is 4.73. The largest absolute Gasteiger partial charge is 0.310 e. The number of thioether (sulfide) groups is 1. The van der Waals surface area contributed by atoms with E-state index in [0.29, 0.717) is 0 Å². The highest BCUT2D eigenvalue weighted by atomic mass is 127. The monoisotopic (exact) mass is 361 g/mol.